The Balaban J connectivity index is 1.33. The molecule has 1 saturated heterocycles. The Labute approximate surface area is 189 Å². The lowest BCUT2D eigenvalue weighted by atomic mass is 9.95. The van der Waals surface area contributed by atoms with Crippen molar-refractivity contribution in [2.45, 2.75) is 44.6 Å². The van der Waals surface area contributed by atoms with Gasteiger partial charge in [-0.1, -0.05) is 12.1 Å². The third-order valence-corrected chi connectivity index (χ3v) is 8.46. The number of anilines is 1. The number of carbonyl (C=O) groups excluding carboxylic acids is 2. The number of thiophene rings is 1. The number of ether oxygens (including phenoxy) is 1. The van der Waals surface area contributed by atoms with Crippen LogP contribution in [-0.4, -0.2) is 42.0 Å². The van der Waals surface area contributed by atoms with Crippen LogP contribution in [0, 0.1) is 0 Å². The molecule has 6 nitrogen and oxygen atoms in total. The summed E-state index contributed by atoms with van der Waals surface area (Å²) < 4.78 is 6.20. The normalized spacial score (nSPS) is 18.8. The highest BCUT2D eigenvalue weighted by molar-refractivity contribution is 7.18. The highest BCUT2D eigenvalue weighted by Gasteiger charge is 2.31. The number of nitrogens with zero attached hydrogens (tertiary/aromatic N) is 2. The highest BCUT2D eigenvalue weighted by Crippen LogP contribution is 2.39. The van der Waals surface area contributed by atoms with Crippen LogP contribution in [0.15, 0.2) is 24.3 Å². The second kappa shape index (κ2) is 8.68. The zero-order valence-corrected chi connectivity index (χ0v) is 19.1. The van der Waals surface area contributed by atoms with E-state index in [1.165, 1.54) is 28.0 Å². The minimum Gasteiger partial charge on any atom is -0.465 e. The third kappa shape index (κ3) is 4.00. The number of aryl methyl sites for hydroxylation is 1. The average molecular weight is 456 g/mol. The van der Waals surface area contributed by atoms with Crippen molar-refractivity contribution in [1.29, 1.82) is 0 Å². The fourth-order valence-corrected chi connectivity index (χ4v) is 7.08. The van der Waals surface area contributed by atoms with E-state index < -0.39 is 0 Å². The molecule has 3 heterocycles. The first-order chi connectivity index (χ1) is 15.1. The first-order valence-corrected chi connectivity index (χ1v) is 12.4. The number of hydrogen-bond acceptors (Lipinski definition) is 7. The SMILES string of the molecule is COC(=O)c1c(NC(=O)CN2CCC[C@@H]2c2nc3ccccc3s2)sc2c1CCCC2. The van der Waals surface area contributed by atoms with Gasteiger partial charge in [0.15, 0.2) is 0 Å². The Morgan fingerprint density at radius 1 is 1.19 bits per heavy atom. The number of fused-ring (bicyclic) bond motifs is 2. The van der Waals surface area contributed by atoms with Crippen LogP contribution in [0.25, 0.3) is 10.2 Å². The summed E-state index contributed by atoms with van der Waals surface area (Å²) in [5, 5.41) is 4.74. The topological polar surface area (TPSA) is 71.5 Å². The molecule has 0 radical (unpaired) electrons. The van der Waals surface area contributed by atoms with Crippen LogP contribution >= 0.6 is 22.7 Å². The van der Waals surface area contributed by atoms with Crippen LogP contribution in [0.3, 0.4) is 0 Å². The summed E-state index contributed by atoms with van der Waals surface area (Å²) in [5.74, 6) is -0.444. The van der Waals surface area contributed by atoms with E-state index in [-0.39, 0.29) is 17.9 Å². The molecule has 0 spiro atoms. The molecule has 5 rings (SSSR count). The number of carbonyl (C=O) groups is 2. The number of esters is 1. The largest absolute Gasteiger partial charge is 0.465 e. The van der Waals surface area contributed by atoms with Gasteiger partial charge in [0, 0.05) is 4.88 Å². The van der Waals surface area contributed by atoms with Crippen LogP contribution < -0.4 is 5.32 Å². The van der Waals surface area contributed by atoms with E-state index in [1.54, 1.807) is 11.3 Å². The molecule has 0 unspecified atom stereocenters. The van der Waals surface area contributed by atoms with E-state index in [2.05, 4.69) is 16.3 Å². The molecule has 1 N–H and O–H groups in total. The van der Waals surface area contributed by atoms with Gasteiger partial charge >= 0.3 is 5.97 Å². The molecule has 8 heteroatoms. The van der Waals surface area contributed by atoms with Crippen molar-refractivity contribution < 1.29 is 14.3 Å². The Morgan fingerprint density at radius 3 is 2.87 bits per heavy atom. The summed E-state index contributed by atoms with van der Waals surface area (Å²) in [7, 11) is 1.40. The molecule has 1 amide bonds. The lowest BCUT2D eigenvalue weighted by Crippen LogP contribution is -2.33. The van der Waals surface area contributed by atoms with Crippen molar-refractivity contribution >= 4 is 49.8 Å². The molecule has 1 fully saturated rings. The van der Waals surface area contributed by atoms with Gasteiger partial charge in [-0.3, -0.25) is 9.69 Å². The van der Waals surface area contributed by atoms with Crippen molar-refractivity contribution in [2.75, 3.05) is 25.5 Å². The van der Waals surface area contributed by atoms with Crippen molar-refractivity contribution in [2.24, 2.45) is 0 Å². The monoisotopic (exact) mass is 455 g/mol. The fourth-order valence-electron chi connectivity index (χ4n) is 4.65. The van der Waals surface area contributed by atoms with Gasteiger partial charge in [0.25, 0.3) is 0 Å². The number of methoxy groups -OCH3 is 1. The number of amides is 1. The molecule has 0 bridgehead atoms. The Morgan fingerprint density at radius 2 is 2.03 bits per heavy atom. The maximum absolute atomic E-state index is 13.0. The third-order valence-electron chi connectivity index (χ3n) is 6.12. The molecular weight excluding hydrogens is 430 g/mol. The minimum absolute atomic E-state index is 0.0863. The number of thiazole rings is 1. The van der Waals surface area contributed by atoms with Crippen LogP contribution in [0.5, 0.6) is 0 Å². The van der Waals surface area contributed by atoms with Crippen molar-refractivity contribution in [3.05, 3.63) is 45.3 Å². The molecule has 1 aromatic carbocycles. The van der Waals surface area contributed by atoms with Crippen LogP contribution in [-0.2, 0) is 22.4 Å². The number of benzene rings is 1. The zero-order chi connectivity index (χ0) is 21.4. The van der Waals surface area contributed by atoms with Crippen molar-refractivity contribution in [3.8, 4) is 0 Å². The van der Waals surface area contributed by atoms with Gasteiger partial charge in [-0.2, -0.15) is 0 Å². The lowest BCUT2D eigenvalue weighted by molar-refractivity contribution is -0.117. The smallest absolute Gasteiger partial charge is 0.341 e. The van der Waals surface area contributed by atoms with Crippen molar-refractivity contribution in [1.82, 2.24) is 9.88 Å². The molecule has 1 atom stereocenters. The summed E-state index contributed by atoms with van der Waals surface area (Å²) >= 11 is 3.24. The second-order valence-corrected chi connectivity index (χ2v) is 10.3. The standard InChI is InChI=1S/C23H25N3O3S2/c1-29-23(28)20-14-7-2-4-10-17(14)30-22(20)25-19(27)13-26-12-6-9-16(26)21-24-15-8-3-5-11-18(15)31-21/h3,5,8,11,16H,2,4,6-7,9-10,12-13H2,1H3,(H,25,27)/t16-/m1/s1. The van der Waals surface area contributed by atoms with Gasteiger partial charge in [-0.15, -0.1) is 22.7 Å². The minimum atomic E-state index is -0.358. The number of hydrogen-bond donors (Lipinski definition) is 1. The molecule has 3 aromatic rings. The molecule has 162 valence electrons. The van der Waals surface area contributed by atoms with Gasteiger partial charge in [-0.05, 0) is 62.8 Å². The van der Waals surface area contributed by atoms with E-state index >= 15 is 0 Å². The molecule has 2 aliphatic rings. The molecule has 31 heavy (non-hydrogen) atoms. The van der Waals surface area contributed by atoms with Gasteiger partial charge in [0.1, 0.15) is 10.0 Å². The predicted molar refractivity (Wildman–Crippen MR) is 124 cm³/mol. The Kier molecular flexibility index (Phi) is 5.77. The van der Waals surface area contributed by atoms with Gasteiger partial charge in [0.2, 0.25) is 5.91 Å². The summed E-state index contributed by atoms with van der Waals surface area (Å²) in [6, 6.07) is 8.33. The lowest BCUT2D eigenvalue weighted by Gasteiger charge is -2.22. The molecule has 1 aliphatic heterocycles. The number of nitrogens with one attached hydrogen (secondary N) is 1. The summed E-state index contributed by atoms with van der Waals surface area (Å²) in [6.45, 7) is 1.17. The molecule has 1 aliphatic carbocycles. The highest BCUT2D eigenvalue weighted by atomic mass is 32.1. The van der Waals surface area contributed by atoms with E-state index in [9.17, 15) is 9.59 Å². The van der Waals surface area contributed by atoms with E-state index in [0.717, 1.165) is 61.2 Å². The Bertz CT molecular complexity index is 1100. The van der Waals surface area contributed by atoms with E-state index in [4.69, 9.17) is 9.72 Å². The summed E-state index contributed by atoms with van der Waals surface area (Å²) in [4.78, 5) is 33.6. The average Bonchev–Trinajstić information content (AvgIpc) is 3.48. The van der Waals surface area contributed by atoms with Gasteiger partial charge < -0.3 is 10.1 Å². The van der Waals surface area contributed by atoms with Crippen molar-refractivity contribution in [3.63, 3.8) is 0 Å². The summed E-state index contributed by atoms with van der Waals surface area (Å²) in [6.07, 6.45) is 6.09. The molecule has 0 saturated carbocycles. The molecule has 2 aromatic heterocycles. The van der Waals surface area contributed by atoms with E-state index in [1.807, 2.05) is 18.2 Å². The van der Waals surface area contributed by atoms with Crippen LogP contribution in [0.4, 0.5) is 5.00 Å². The van der Waals surface area contributed by atoms with Gasteiger partial charge in [0.05, 0.1) is 35.5 Å². The number of likely N-dealkylation sites (tertiary alicyclic amines) is 1. The fraction of sp³-hybridized carbons (Fsp3) is 0.435. The van der Waals surface area contributed by atoms with Crippen LogP contribution in [0.2, 0.25) is 0 Å². The number of para-hydroxylation sites is 1. The van der Waals surface area contributed by atoms with Crippen LogP contribution in [0.1, 0.15) is 57.5 Å². The number of rotatable bonds is 5. The first-order valence-electron chi connectivity index (χ1n) is 10.8. The van der Waals surface area contributed by atoms with Gasteiger partial charge in [-0.25, -0.2) is 9.78 Å². The summed E-state index contributed by atoms with van der Waals surface area (Å²) in [5.41, 5.74) is 2.64. The van der Waals surface area contributed by atoms with E-state index in [0.29, 0.717) is 17.1 Å². The second-order valence-electron chi connectivity index (χ2n) is 8.10. The first kappa shape index (κ1) is 20.6. The predicted octanol–water partition coefficient (Wildman–Crippen LogP) is 4.80. The maximum atomic E-state index is 13.0. The molecular formula is C23H25N3O3S2. The zero-order valence-electron chi connectivity index (χ0n) is 17.5. The Hall–Kier alpha value is -2.29. The number of aromatic nitrogens is 1. The maximum Gasteiger partial charge on any atom is 0.341 e. The quantitative estimate of drug-likeness (QED) is 0.560.